The monoisotopic (exact) mass is 329 g/mol. The third kappa shape index (κ3) is 3.15. The van der Waals surface area contributed by atoms with Crippen molar-refractivity contribution >= 4 is 23.2 Å². The van der Waals surface area contributed by atoms with E-state index in [2.05, 4.69) is 85.8 Å². The van der Waals surface area contributed by atoms with Gasteiger partial charge in [0, 0.05) is 22.3 Å². The van der Waals surface area contributed by atoms with Gasteiger partial charge in [-0.15, -0.1) is 11.8 Å². The van der Waals surface area contributed by atoms with Crippen molar-refractivity contribution in [2.24, 2.45) is 4.99 Å². The molecule has 3 aromatic rings. The van der Waals surface area contributed by atoms with E-state index in [-0.39, 0.29) is 0 Å². The van der Waals surface area contributed by atoms with Crippen molar-refractivity contribution in [1.29, 1.82) is 0 Å². The van der Waals surface area contributed by atoms with Gasteiger partial charge in [0.25, 0.3) is 0 Å². The van der Waals surface area contributed by atoms with Gasteiger partial charge in [-0.25, -0.2) is 0 Å². The number of rotatable bonds is 2. The minimum Gasteiger partial charge on any atom is -0.252 e. The van der Waals surface area contributed by atoms with Crippen LogP contribution in [0.2, 0.25) is 0 Å². The molecule has 1 aliphatic heterocycles. The molecule has 0 bridgehead atoms. The van der Waals surface area contributed by atoms with Crippen molar-refractivity contribution in [3.63, 3.8) is 0 Å². The first-order valence-corrected chi connectivity index (χ1v) is 9.13. The van der Waals surface area contributed by atoms with Crippen LogP contribution in [0.1, 0.15) is 28.4 Å². The minimum atomic E-state index is 0.384. The van der Waals surface area contributed by atoms with Gasteiger partial charge in [-0.1, -0.05) is 72.3 Å². The number of hydrogen-bond donors (Lipinski definition) is 0. The average molecular weight is 329 g/mol. The van der Waals surface area contributed by atoms with Crippen LogP contribution in [0.25, 0.3) is 0 Å². The number of aliphatic imine (C=N–C) groups is 1. The van der Waals surface area contributed by atoms with Crippen LogP contribution >= 0.6 is 11.8 Å². The fraction of sp³-hybridized carbons (Fsp3) is 0.136. The quantitative estimate of drug-likeness (QED) is 0.533. The summed E-state index contributed by atoms with van der Waals surface area (Å²) < 4.78 is 0. The molecule has 0 aliphatic carbocycles. The smallest absolute Gasteiger partial charge is 0.0769 e. The second-order valence-electron chi connectivity index (χ2n) is 6.11. The van der Waals surface area contributed by atoms with Gasteiger partial charge in [0.15, 0.2) is 0 Å². The van der Waals surface area contributed by atoms with E-state index in [9.17, 15) is 0 Å². The largest absolute Gasteiger partial charge is 0.252 e. The molecule has 0 amide bonds. The summed E-state index contributed by atoms with van der Waals surface area (Å²) in [5, 5.41) is 0.384. The number of thioether (sulfide) groups is 1. The molecule has 0 fully saturated rings. The molecule has 1 nitrogen and oxygen atoms in total. The summed E-state index contributed by atoms with van der Waals surface area (Å²) in [4.78, 5) is 6.27. The molecule has 1 heterocycles. The van der Waals surface area contributed by atoms with E-state index < -0.39 is 0 Å². The van der Waals surface area contributed by atoms with Gasteiger partial charge < -0.3 is 0 Å². The fourth-order valence-electron chi connectivity index (χ4n) is 2.99. The lowest BCUT2D eigenvalue weighted by molar-refractivity contribution is 1.01. The Kier molecular flexibility index (Phi) is 4.22. The average Bonchev–Trinajstić information content (AvgIpc) is 2.83. The molecule has 118 valence electrons. The van der Waals surface area contributed by atoms with Crippen LogP contribution in [0.3, 0.4) is 0 Å². The van der Waals surface area contributed by atoms with Crippen LogP contribution in [-0.4, -0.2) is 5.71 Å². The van der Waals surface area contributed by atoms with Gasteiger partial charge in [-0.2, -0.15) is 0 Å². The van der Waals surface area contributed by atoms with Crippen molar-refractivity contribution in [1.82, 2.24) is 0 Å². The van der Waals surface area contributed by atoms with Crippen molar-refractivity contribution in [2.75, 3.05) is 0 Å². The maximum atomic E-state index is 5.01. The zero-order chi connectivity index (χ0) is 16.4. The Labute approximate surface area is 147 Å². The summed E-state index contributed by atoms with van der Waals surface area (Å²) in [5.41, 5.74) is 6.11. The number of benzene rings is 3. The molecule has 0 radical (unpaired) electrons. The topological polar surface area (TPSA) is 12.4 Å². The first kappa shape index (κ1) is 15.2. The SMILES string of the molecule is Cc1ccc(C2=Nc3ccccc3S[C@H](c3ccccc3)C2)cc1. The molecule has 2 heteroatoms. The highest BCUT2D eigenvalue weighted by Crippen LogP contribution is 2.45. The van der Waals surface area contributed by atoms with E-state index in [1.165, 1.54) is 27.3 Å². The Bertz CT molecular complexity index is 866. The normalized spacial score (nSPS) is 16.9. The Balaban J connectivity index is 1.80. The summed E-state index contributed by atoms with van der Waals surface area (Å²) >= 11 is 1.92. The molecule has 1 atom stereocenters. The van der Waals surface area contributed by atoms with Crippen LogP contribution in [0, 0.1) is 6.92 Å². The molecule has 1 aliphatic rings. The summed E-state index contributed by atoms with van der Waals surface area (Å²) in [5.74, 6) is 0. The molecule has 4 rings (SSSR count). The van der Waals surface area contributed by atoms with Crippen molar-refractivity contribution < 1.29 is 0 Å². The number of hydrogen-bond acceptors (Lipinski definition) is 2. The lowest BCUT2D eigenvalue weighted by atomic mass is 10.0. The summed E-state index contributed by atoms with van der Waals surface area (Å²) in [6, 6.07) is 27.9. The molecule has 0 saturated carbocycles. The lowest BCUT2D eigenvalue weighted by Crippen LogP contribution is -2.05. The van der Waals surface area contributed by atoms with Crippen LogP contribution in [0.4, 0.5) is 5.69 Å². The highest BCUT2D eigenvalue weighted by atomic mass is 32.2. The van der Waals surface area contributed by atoms with E-state index in [1.807, 2.05) is 11.8 Å². The second kappa shape index (κ2) is 6.66. The molecule has 0 N–H and O–H groups in total. The van der Waals surface area contributed by atoms with Crippen LogP contribution in [-0.2, 0) is 0 Å². The van der Waals surface area contributed by atoms with Crippen LogP contribution in [0.5, 0.6) is 0 Å². The molecular formula is C22H19NS. The predicted octanol–water partition coefficient (Wildman–Crippen LogP) is 6.35. The maximum Gasteiger partial charge on any atom is 0.0769 e. The number of fused-ring (bicyclic) bond motifs is 1. The zero-order valence-corrected chi connectivity index (χ0v) is 14.5. The summed E-state index contributed by atoms with van der Waals surface area (Å²) in [6.45, 7) is 2.12. The van der Waals surface area contributed by atoms with E-state index in [4.69, 9.17) is 4.99 Å². The Morgan fingerprint density at radius 3 is 2.33 bits per heavy atom. The Hall–Kier alpha value is -2.32. The van der Waals surface area contributed by atoms with Gasteiger partial charge in [0.05, 0.1) is 5.69 Å². The maximum absolute atomic E-state index is 5.01. The number of para-hydroxylation sites is 1. The number of aryl methyl sites for hydroxylation is 1. The van der Waals surface area contributed by atoms with Crippen LogP contribution < -0.4 is 0 Å². The van der Waals surface area contributed by atoms with Gasteiger partial charge in [-0.05, 0) is 30.2 Å². The highest BCUT2D eigenvalue weighted by Gasteiger charge is 2.22. The third-order valence-corrected chi connectivity index (χ3v) is 5.65. The Morgan fingerprint density at radius 2 is 1.54 bits per heavy atom. The Morgan fingerprint density at radius 1 is 0.833 bits per heavy atom. The molecule has 0 spiro atoms. The van der Waals surface area contributed by atoms with Crippen molar-refractivity contribution in [3.05, 3.63) is 95.6 Å². The van der Waals surface area contributed by atoms with Gasteiger partial charge in [0.1, 0.15) is 0 Å². The second-order valence-corrected chi connectivity index (χ2v) is 7.36. The van der Waals surface area contributed by atoms with E-state index >= 15 is 0 Å². The van der Waals surface area contributed by atoms with E-state index in [0.29, 0.717) is 5.25 Å². The van der Waals surface area contributed by atoms with Gasteiger partial charge in [0.2, 0.25) is 0 Å². The standard InChI is InChI=1S/C22H19NS/c1-16-11-13-17(14-12-16)20-15-22(18-7-3-2-4-8-18)24-21-10-6-5-9-19(21)23-20/h2-14,22H,15H2,1H3/t22-/m0/s1. The highest BCUT2D eigenvalue weighted by molar-refractivity contribution is 7.99. The predicted molar refractivity (Wildman–Crippen MR) is 103 cm³/mol. The molecular weight excluding hydrogens is 310 g/mol. The molecule has 0 unspecified atom stereocenters. The zero-order valence-electron chi connectivity index (χ0n) is 13.6. The summed E-state index contributed by atoms with van der Waals surface area (Å²) in [7, 11) is 0. The molecule has 24 heavy (non-hydrogen) atoms. The molecule has 3 aromatic carbocycles. The minimum absolute atomic E-state index is 0.384. The number of nitrogens with zero attached hydrogens (tertiary/aromatic N) is 1. The van der Waals surface area contributed by atoms with E-state index in [0.717, 1.165) is 12.1 Å². The van der Waals surface area contributed by atoms with Gasteiger partial charge in [-0.3, -0.25) is 4.99 Å². The van der Waals surface area contributed by atoms with Crippen molar-refractivity contribution in [3.8, 4) is 0 Å². The molecule has 0 aromatic heterocycles. The third-order valence-electron chi connectivity index (χ3n) is 4.32. The first-order valence-electron chi connectivity index (χ1n) is 8.25. The van der Waals surface area contributed by atoms with Crippen LogP contribution in [0.15, 0.2) is 88.8 Å². The lowest BCUT2D eigenvalue weighted by Gasteiger charge is -2.16. The summed E-state index contributed by atoms with van der Waals surface area (Å²) in [6.07, 6.45) is 0.937. The van der Waals surface area contributed by atoms with Gasteiger partial charge >= 0.3 is 0 Å². The van der Waals surface area contributed by atoms with Crippen molar-refractivity contribution in [2.45, 2.75) is 23.5 Å². The molecule has 0 saturated heterocycles. The fourth-order valence-corrected chi connectivity index (χ4v) is 4.23. The van der Waals surface area contributed by atoms with E-state index in [1.54, 1.807) is 0 Å². The first-order chi connectivity index (χ1) is 11.8.